The van der Waals surface area contributed by atoms with Gasteiger partial charge in [-0.05, 0) is 55.8 Å². The van der Waals surface area contributed by atoms with Crippen LogP contribution in [0.5, 0.6) is 5.75 Å². The number of nitrogens with one attached hydrogen (secondary N) is 1. The summed E-state index contributed by atoms with van der Waals surface area (Å²) in [5, 5.41) is 3.62. The van der Waals surface area contributed by atoms with Crippen molar-refractivity contribution in [1.82, 2.24) is 5.32 Å². The molecule has 1 aromatic rings. The maximum Gasteiger partial charge on any atom is 0.118 e. The van der Waals surface area contributed by atoms with Gasteiger partial charge in [-0.25, -0.2) is 0 Å². The molecule has 1 aliphatic rings. The molecule has 0 amide bonds. The summed E-state index contributed by atoms with van der Waals surface area (Å²) >= 11 is 0. The normalized spacial score (nSPS) is 24.6. The van der Waals surface area contributed by atoms with E-state index in [0.29, 0.717) is 6.04 Å². The molecule has 2 rings (SSSR count). The lowest BCUT2D eigenvalue weighted by molar-refractivity contribution is 0.308. The minimum atomic E-state index is 0.709. The van der Waals surface area contributed by atoms with Crippen LogP contribution in [-0.2, 0) is 6.42 Å². The summed E-state index contributed by atoms with van der Waals surface area (Å²) in [5.41, 5.74) is 1.41. The zero-order chi connectivity index (χ0) is 12.1. The molecule has 1 fully saturated rings. The van der Waals surface area contributed by atoms with E-state index in [0.717, 1.165) is 18.1 Å². The van der Waals surface area contributed by atoms with Crippen LogP contribution in [0, 0.1) is 5.92 Å². The Morgan fingerprint density at radius 2 is 2.06 bits per heavy atom. The van der Waals surface area contributed by atoms with E-state index in [1.165, 1.54) is 31.4 Å². The Kier molecular flexibility index (Phi) is 4.43. The number of aryl methyl sites for hydroxylation is 1. The number of hydrogen-bond acceptors (Lipinski definition) is 2. The molecule has 2 unspecified atom stereocenters. The molecule has 0 saturated carbocycles. The predicted molar refractivity (Wildman–Crippen MR) is 71.5 cm³/mol. The SMILES string of the molecule is COc1ccc(CCC2CC(C)CCN2)cc1. The lowest BCUT2D eigenvalue weighted by Crippen LogP contribution is -2.37. The van der Waals surface area contributed by atoms with Crippen molar-refractivity contribution in [2.24, 2.45) is 5.92 Å². The lowest BCUT2D eigenvalue weighted by atomic mass is 9.91. The summed E-state index contributed by atoms with van der Waals surface area (Å²) < 4.78 is 5.17. The molecule has 0 radical (unpaired) electrons. The van der Waals surface area contributed by atoms with Crippen molar-refractivity contribution >= 4 is 0 Å². The van der Waals surface area contributed by atoms with Gasteiger partial charge in [0.25, 0.3) is 0 Å². The fraction of sp³-hybridized carbons (Fsp3) is 0.600. The second kappa shape index (κ2) is 6.06. The maximum atomic E-state index is 5.17. The van der Waals surface area contributed by atoms with Gasteiger partial charge < -0.3 is 10.1 Å². The lowest BCUT2D eigenvalue weighted by Gasteiger charge is -2.28. The van der Waals surface area contributed by atoms with Crippen molar-refractivity contribution in [3.8, 4) is 5.75 Å². The van der Waals surface area contributed by atoms with E-state index < -0.39 is 0 Å². The zero-order valence-corrected chi connectivity index (χ0v) is 10.9. The largest absolute Gasteiger partial charge is 0.497 e. The molecule has 1 aliphatic heterocycles. The van der Waals surface area contributed by atoms with Crippen molar-refractivity contribution in [2.45, 2.75) is 38.6 Å². The van der Waals surface area contributed by atoms with Crippen LogP contribution < -0.4 is 10.1 Å². The molecule has 0 bridgehead atoms. The van der Waals surface area contributed by atoms with E-state index in [2.05, 4.69) is 24.4 Å². The van der Waals surface area contributed by atoms with Crippen LogP contribution in [0.2, 0.25) is 0 Å². The molecule has 0 spiro atoms. The summed E-state index contributed by atoms with van der Waals surface area (Å²) in [6, 6.07) is 9.15. The fourth-order valence-electron chi connectivity index (χ4n) is 2.57. The molecule has 0 aromatic heterocycles. The number of benzene rings is 1. The molecular formula is C15H23NO. The van der Waals surface area contributed by atoms with Gasteiger partial charge in [-0.15, -0.1) is 0 Å². The van der Waals surface area contributed by atoms with Crippen LogP contribution >= 0.6 is 0 Å². The highest BCUT2D eigenvalue weighted by Crippen LogP contribution is 2.19. The highest BCUT2D eigenvalue weighted by molar-refractivity contribution is 5.27. The molecule has 2 heteroatoms. The molecule has 1 N–H and O–H groups in total. The standard InChI is InChI=1S/C15H23NO/c1-12-9-10-16-14(11-12)6-3-13-4-7-15(17-2)8-5-13/h4-5,7-8,12,14,16H,3,6,9-11H2,1-2H3. The van der Waals surface area contributed by atoms with Gasteiger partial charge >= 0.3 is 0 Å². The van der Waals surface area contributed by atoms with E-state index in [1.807, 2.05) is 12.1 Å². The third-order valence-corrected chi connectivity index (χ3v) is 3.70. The maximum absolute atomic E-state index is 5.17. The molecule has 1 aromatic carbocycles. The Hall–Kier alpha value is -1.02. The Morgan fingerprint density at radius 1 is 1.29 bits per heavy atom. The van der Waals surface area contributed by atoms with Crippen LogP contribution in [0.15, 0.2) is 24.3 Å². The van der Waals surface area contributed by atoms with E-state index in [-0.39, 0.29) is 0 Å². The monoisotopic (exact) mass is 233 g/mol. The van der Waals surface area contributed by atoms with Crippen molar-refractivity contribution in [3.63, 3.8) is 0 Å². The third-order valence-electron chi connectivity index (χ3n) is 3.70. The third kappa shape index (κ3) is 3.74. The fourth-order valence-corrected chi connectivity index (χ4v) is 2.57. The minimum absolute atomic E-state index is 0.709. The van der Waals surface area contributed by atoms with E-state index in [1.54, 1.807) is 7.11 Å². The van der Waals surface area contributed by atoms with Gasteiger partial charge in [0.15, 0.2) is 0 Å². The highest BCUT2D eigenvalue weighted by Gasteiger charge is 2.17. The van der Waals surface area contributed by atoms with Gasteiger partial charge in [0.2, 0.25) is 0 Å². The molecule has 1 saturated heterocycles. The summed E-state index contributed by atoms with van der Waals surface area (Å²) in [4.78, 5) is 0. The molecule has 17 heavy (non-hydrogen) atoms. The smallest absolute Gasteiger partial charge is 0.118 e. The van der Waals surface area contributed by atoms with Gasteiger partial charge in [-0.2, -0.15) is 0 Å². The molecule has 0 aliphatic carbocycles. The average Bonchev–Trinajstić information content (AvgIpc) is 2.37. The van der Waals surface area contributed by atoms with Gasteiger partial charge in [0.05, 0.1) is 7.11 Å². The van der Waals surface area contributed by atoms with Crippen molar-refractivity contribution < 1.29 is 4.74 Å². The minimum Gasteiger partial charge on any atom is -0.497 e. The quantitative estimate of drug-likeness (QED) is 0.863. The predicted octanol–water partition coefficient (Wildman–Crippen LogP) is 3.02. The Bertz CT molecular complexity index is 333. The first-order valence-electron chi connectivity index (χ1n) is 6.64. The molecular weight excluding hydrogens is 210 g/mol. The molecule has 1 heterocycles. The van der Waals surface area contributed by atoms with Crippen molar-refractivity contribution in [2.75, 3.05) is 13.7 Å². The van der Waals surface area contributed by atoms with Crippen molar-refractivity contribution in [3.05, 3.63) is 29.8 Å². The van der Waals surface area contributed by atoms with Gasteiger partial charge in [0, 0.05) is 6.04 Å². The number of piperidine rings is 1. The Morgan fingerprint density at radius 3 is 2.71 bits per heavy atom. The van der Waals surface area contributed by atoms with Crippen LogP contribution in [0.25, 0.3) is 0 Å². The van der Waals surface area contributed by atoms with Gasteiger partial charge in [-0.1, -0.05) is 19.1 Å². The first-order valence-corrected chi connectivity index (χ1v) is 6.64. The summed E-state index contributed by atoms with van der Waals surface area (Å²) in [5.74, 6) is 1.83. The van der Waals surface area contributed by atoms with Gasteiger partial charge in [0.1, 0.15) is 5.75 Å². The molecule has 2 atom stereocenters. The van der Waals surface area contributed by atoms with Crippen molar-refractivity contribution in [1.29, 1.82) is 0 Å². The van der Waals surface area contributed by atoms with E-state index in [9.17, 15) is 0 Å². The molecule has 2 nitrogen and oxygen atoms in total. The Balaban J connectivity index is 1.80. The number of methoxy groups -OCH3 is 1. The Labute approximate surface area is 104 Å². The topological polar surface area (TPSA) is 21.3 Å². The van der Waals surface area contributed by atoms with Crippen LogP contribution in [0.1, 0.15) is 31.7 Å². The van der Waals surface area contributed by atoms with E-state index in [4.69, 9.17) is 4.74 Å². The van der Waals surface area contributed by atoms with Gasteiger partial charge in [-0.3, -0.25) is 0 Å². The first kappa shape index (κ1) is 12.4. The van der Waals surface area contributed by atoms with Crippen LogP contribution in [0.3, 0.4) is 0 Å². The number of rotatable bonds is 4. The van der Waals surface area contributed by atoms with E-state index >= 15 is 0 Å². The first-order chi connectivity index (χ1) is 8.28. The highest BCUT2D eigenvalue weighted by atomic mass is 16.5. The average molecular weight is 233 g/mol. The summed E-state index contributed by atoms with van der Waals surface area (Å²) in [6.45, 7) is 3.55. The second-order valence-corrected chi connectivity index (χ2v) is 5.17. The number of hydrogen-bond donors (Lipinski definition) is 1. The second-order valence-electron chi connectivity index (χ2n) is 5.17. The van der Waals surface area contributed by atoms with Crippen LogP contribution in [-0.4, -0.2) is 19.7 Å². The number of ether oxygens (including phenoxy) is 1. The zero-order valence-electron chi connectivity index (χ0n) is 10.9. The van der Waals surface area contributed by atoms with Crippen LogP contribution in [0.4, 0.5) is 0 Å². The molecule has 94 valence electrons. The summed E-state index contributed by atoms with van der Waals surface area (Å²) in [7, 11) is 1.71. The summed E-state index contributed by atoms with van der Waals surface area (Å²) in [6.07, 6.45) is 5.07.